The van der Waals surface area contributed by atoms with Gasteiger partial charge in [-0.15, -0.1) is 0 Å². The predicted molar refractivity (Wildman–Crippen MR) is 67.5 cm³/mol. The van der Waals surface area contributed by atoms with Crippen molar-refractivity contribution in [2.75, 3.05) is 12.3 Å². The smallest absolute Gasteiger partial charge is 0.360 e. The first-order valence-electron chi connectivity index (χ1n) is 6.03. The number of aromatic nitrogens is 5. The fourth-order valence-corrected chi connectivity index (χ4v) is 1.77. The molecule has 3 N–H and O–H groups in total. The molecule has 0 bridgehead atoms. The lowest BCUT2D eigenvalue weighted by Crippen LogP contribution is -2.11. The number of carbonyl (C=O) groups excluding carboxylic acids is 1. The Bertz CT molecular complexity index is 560. The van der Waals surface area contributed by atoms with Crippen LogP contribution in [-0.2, 0) is 17.7 Å². The number of nitrogens with one attached hydrogen (secondary N) is 1. The lowest BCUT2D eigenvalue weighted by Gasteiger charge is -2.06. The van der Waals surface area contributed by atoms with Crippen LogP contribution >= 0.6 is 0 Å². The van der Waals surface area contributed by atoms with Gasteiger partial charge in [-0.3, -0.25) is 5.10 Å². The third-order valence-corrected chi connectivity index (χ3v) is 2.64. The first kappa shape index (κ1) is 13.1. The van der Waals surface area contributed by atoms with E-state index in [4.69, 9.17) is 10.5 Å². The monoisotopic (exact) mass is 264 g/mol. The SMILES string of the molecule is CCOC(=O)c1nc(CC)n(Cc2ncn[nH]2)c1N. The van der Waals surface area contributed by atoms with Crippen molar-refractivity contribution in [1.82, 2.24) is 24.7 Å². The number of H-pyrrole nitrogens is 1. The molecule has 0 atom stereocenters. The van der Waals surface area contributed by atoms with Crippen molar-refractivity contribution in [3.63, 3.8) is 0 Å². The number of aryl methyl sites for hydroxylation is 1. The van der Waals surface area contributed by atoms with Gasteiger partial charge in [-0.25, -0.2) is 14.8 Å². The van der Waals surface area contributed by atoms with Crippen LogP contribution in [0.2, 0.25) is 0 Å². The Labute approximate surface area is 110 Å². The van der Waals surface area contributed by atoms with Crippen molar-refractivity contribution in [3.8, 4) is 0 Å². The van der Waals surface area contributed by atoms with Gasteiger partial charge in [-0.2, -0.15) is 5.10 Å². The van der Waals surface area contributed by atoms with Crippen molar-refractivity contribution in [2.24, 2.45) is 0 Å². The van der Waals surface area contributed by atoms with E-state index in [0.717, 1.165) is 0 Å². The maximum absolute atomic E-state index is 11.7. The van der Waals surface area contributed by atoms with Crippen LogP contribution in [0.25, 0.3) is 0 Å². The number of nitrogens with two attached hydrogens (primary N) is 1. The molecule has 8 heteroatoms. The summed E-state index contributed by atoms with van der Waals surface area (Å²) in [5.74, 6) is 1.13. The fourth-order valence-electron chi connectivity index (χ4n) is 1.77. The van der Waals surface area contributed by atoms with Crippen molar-refractivity contribution < 1.29 is 9.53 Å². The first-order chi connectivity index (χ1) is 9.17. The summed E-state index contributed by atoms with van der Waals surface area (Å²) in [5, 5.41) is 6.52. The summed E-state index contributed by atoms with van der Waals surface area (Å²) in [6.45, 7) is 4.35. The van der Waals surface area contributed by atoms with Crippen LogP contribution in [0.15, 0.2) is 6.33 Å². The molecule has 8 nitrogen and oxygen atoms in total. The molecule has 2 rings (SSSR count). The molecule has 0 amide bonds. The van der Waals surface area contributed by atoms with Gasteiger partial charge in [0.05, 0.1) is 13.2 Å². The minimum Gasteiger partial charge on any atom is -0.461 e. The van der Waals surface area contributed by atoms with Gasteiger partial charge in [-0.05, 0) is 6.92 Å². The van der Waals surface area contributed by atoms with Gasteiger partial charge in [0, 0.05) is 6.42 Å². The number of imidazole rings is 1. The summed E-state index contributed by atoms with van der Waals surface area (Å²) < 4.78 is 6.66. The van der Waals surface area contributed by atoms with E-state index in [1.54, 1.807) is 11.5 Å². The third-order valence-electron chi connectivity index (χ3n) is 2.64. The number of rotatable bonds is 5. The molecular formula is C11H16N6O2. The quantitative estimate of drug-likeness (QED) is 0.755. The number of aromatic amines is 1. The number of anilines is 1. The number of esters is 1. The number of carbonyl (C=O) groups is 1. The lowest BCUT2D eigenvalue weighted by atomic mass is 10.4. The topological polar surface area (TPSA) is 112 Å². The Morgan fingerprint density at radius 3 is 2.89 bits per heavy atom. The Balaban J connectivity index is 2.34. The second-order valence-electron chi connectivity index (χ2n) is 3.85. The molecule has 0 aliphatic carbocycles. The largest absolute Gasteiger partial charge is 0.461 e. The third kappa shape index (κ3) is 2.56. The zero-order chi connectivity index (χ0) is 13.8. The highest BCUT2D eigenvalue weighted by Gasteiger charge is 2.21. The lowest BCUT2D eigenvalue weighted by molar-refractivity contribution is 0.0521. The van der Waals surface area contributed by atoms with E-state index < -0.39 is 5.97 Å². The van der Waals surface area contributed by atoms with Crippen LogP contribution < -0.4 is 5.73 Å². The van der Waals surface area contributed by atoms with Gasteiger partial charge in [0.2, 0.25) is 0 Å². The molecule has 0 aliphatic heterocycles. The van der Waals surface area contributed by atoms with Crippen LogP contribution in [0.5, 0.6) is 0 Å². The summed E-state index contributed by atoms with van der Waals surface area (Å²) >= 11 is 0. The summed E-state index contributed by atoms with van der Waals surface area (Å²) in [4.78, 5) is 20.0. The molecule has 2 heterocycles. The van der Waals surface area contributed by atoms with E-state index in [2.05, 4.69) is 20.2 Å². The molecule has 0 spiro atoms. The molecule has 0 saturated carbocycles. The van der Waals surface area contributed by atoms with Gasteiger partial charge in [0.1, 0.15) is 23.8 Å². The molecule has 0 saturated heterocycles. The van der Waals surface area contributed by atoms with E-state index >= 15 is 0 Å². The Morgan fingerprint density at radius 2 is 2.32 bits per heavy atom. The summed E-state index contributed by atoms with van der Waals surface area (Å²) in [6.07, 6.45) is 2.07. The molecule has 0 aromatic carbocycles. The molecule has 2 aromatic heterocycles. The summed E-state index contributed by atoms with van der Waals surface area (Å²) in [5.41, 5.74) is 6.12. The van der Waals surface area contributed by atoms with Gasteiger partial charge in [0.15, 0.2) is 5.69 Å². The van der Waals surface area contributed by atoms with Crippen LogP contribution in [0.4, 0.5) is 5.82 Å². The van der Waals surface area contributed by atoms with Crippen molar-refractivity contribution in [3.05, 3.63) is 23.7 Å². The highest BCUT2D eigenvalue weighted by molar-refractivity contribution is 5.92. The van der Waals surface area contributed by atoms with Crippen molar-refractivity contribution >= 4 is 11.8 Å². The Hall–Kier alpha value is -2.38. The fraction of sp³-hybridized carbons (Fsp3) is 0.455. The average molecular weight is 264 g/mol. The average Bonchev–Trinajstić information content (AvgIpc) is 3.00. The molecule has 0 radical (unpaired) electrons. The highest BCUT2D eigenvalue weighted by atomic mass is 16.5. The van der Waals surface area contributed by atoms with Gasteiger partial charge in [0.25, 0.3) is 0 Å². The minimum atomic E-state index is -0.508. The van der Waals surface area contributed by atoms with E-state index in [-0.39, 0.29) is 18.1 Å². The van der Waals surface area contributed by atoms with Gasteiger partial charge < -0.3 is 15.0 Å². The van der Waals surface area contributed by atoms with Crippen LogP contribution in [0.3, 0.4) is 0 Å². The zero-order valence-corrected chi connectivity index (χ0v) is 10.9. The van der Waals surface area contributed by atoms with Crippen LogP contribution in [0, 0.1) is 0 Å². The molecule has 102 valence electrons. The normalized spacial score (nSPS) is 10.6. The Morgan fingerprint density at radius 1 is 1.53 bits per heavy atom. The first-order valence-corrected chi connectivity index (χ1v) is 6.03. The molecule has 19 heavy (non-hydrogen) atoms. The highest BCUT2D eigenvalue weighted by Crippen LogP contribution is 2.17. The van der Waals surface area contributed by atoms with Crippen LogP contribution in [-0.4, -0.2) is 37.3 Å². The standard InChI is InChI=1S/C11H16N6O2/c1-3-8-15-9(11(18)19-4-2)10(12)17(8)5-7-13-6-14-16-7/h6H,3-5,12H2,1-2H3,(H,13,14,16). The van der Waals surface area contributed by atoms with E-state index in [0.29, 0.717) is 24.6 Å². The number of ether oxygens (including phenoxy) is 1. The Kier molecular flexibility index (Phi) is 3.79. The summed E-state index contributed by atoms with van der Waals surface area (Å²) in [7, 11) is 0. The maximum atomic E-state index is 11.7. The number of hydrogen-bond acceptors (Lipinski definition) is 6. The molecule has 0 unspecified atom stereocenters. The second-order valence-corrected chi connectivity index (χ2v) is 3.85. The van der Waals surface area contributed by atoms with E-state index in [1.165, 1.54) is 6.33 Å². The van der Waals surface area contributed by atoms with Crippen LogP contribution in [0.1, 0.15) is 36.0 Å². The minimum absolute atomic E-state index is 0.151. The molecular weight excluding hydrogens is 248 g/mol. The number of nitrogens with zero attached hydrogens (tertiary/aromatic N) is 4. The van der Waals surface area contributed by atoms with Crippen molar-refractivity contribution in [1.29, 1.82) is 0 Å². The molecule has 2 aromatic rings. The predicted octanol–water partition coefficient (Wildman–Crippen LogP) is 0.371. The van der Waals surface area contributed by atoms with E-state index in [9.17, 15) is 4.79 Å². The van der Waals surface area contributed by atoms with Gasteiger partial charge >= 0.3 is 5.97 Å². The molecule has 0 aliphatic rings. The van der Waals surface area contributed by atoms with E-state index in [1.807, 2.05) is 6.92 Å². The van der Waals surface area contributed by atoms with Crippen molar-refractivity contribution in [2.45, 2.75) is 26.8 Å². The zero-order valence-electron chi connectivity index (χ0n) is 10.9. The second kappa shape index (κ2) is 5.51. The molecule has 0 fully saturated rings. The maximum Gasteiger partial charge on any atom is 0.360 e. The van der Waals surface area contributed by atoms with Gasteiger partial charge in [-0.1, -0.05) is 6.92 Å². The summed E-state index contributed by atoms with van der Waals surface area (Å²) in [6, 6.07) is 0. The number of nitrogen functional groups attached to an aromatic ring is 1. The number of hydrogen-bond donors (Lipinski definition) is 2.